The lowest BCUT2D eigenvalue weighted by Crippen LogP contribution is -2.64. The lowest BCUT2D eigenvalue weighted by Gasteiger charge is -2.47. The molecular weight excluding hydrogens is 889 g/mol. The molecule has 4 aromatic rings. The molecule has 2 aliphatic rings. The third kappa shape index (κ3) is 14.6. The molecule has 0 saturated carbocycles. The number of rotatable bonds is 23. The van der Waals surface area contributed by atoms with Crippen LogP contribution in [0.5, 0.6) is 23.0 Å². The second-order valence-electron chi connectivity index (χ2n) is 15.9. The Morgan fingerprint density at radius 1 is 0.426 bits per heavy atom. The van der Waals surface area contributed by atoms with Gasteiger partial charge in [-0.15, -0.1) is 0 Å². The monoisotopic (exact) mass is 948 g/mol. The highest BCUT2D eigenvalue weighted by Gasteiger charge is 2.53. The van der Waals surface area contributed by atoms with E-state index in [2.05, 4.69) is 0 Å². The molecule has 6 unspecified atom stereocenters. The number of aliphatic hydroxyl groups excluding tert-OH is 1. The van der Waals surface area contributed by atoms with Crippen molar-refractivity contribution in [2.24, 2.45) is 0 Å². The third-order valence-electron chi connectivity index (χ3n) is 11.0. The van der Waals surface area contributed by atoms with Crippen LogP contribution < -0.4 is 18.9 Å². The summed E-state index contributed by atoms with van der Waals surface area (Å²) in [6.07, 6.45) is -12.6. The van der Waals surface area contributed by atoms with Crippen LogP contribution in [-0.4, -0.2) is 126 Å². The van der Waals surface area contributed by atoms with Gasteiger partial charge in [0.15, 0.2) is 30.9 Å². The average molecular weight is 949 g/mol. The molecule has 1 N–H and O–H groups in total. The molecule has 0 bridgehead atoms. The van der Waals surface area contributed by atoms with Gasteiger partial charge in [0.05, 0.1) is 68.1 Å². The van der Waals surface area contributed by atoms with Crippen LogP contribution in [0.1, 0.15) is 43.0 Å². The Hall–Kier alpha value is -5.83. The van der Waals surface area contributed by atoms with Gasteiger partial charge in [0.1, 0.15) is 53.5 Å². The van der Waals surface area contributed by atoms with Crippen LogP contribution in [0.2, 0.25) is 0 Å². The van der Waals surface area contributed by atoms with E-state index in [9.17, 15) is 19.5 Å². The first kappa shape index (κ1) is 51.6. The zero-order valence-corrected chi connectivity index (χ0v) is 39.1. The Labute approximate surface area is 395 Å². The minimum atomic E-state index is -1.83. The van der Waals surface area contributed by atoms with E-state index in [1.807, 2.05) is 97.1 Å². The van der Waals surface area contributed by atoms with Gasteiger partial charge in [-0.25, -0.2) is 0 Å². The summed E-state index contributed by atoms with van der Waals surface area (Å²) in [4.78, 5) is 37.0. The Morgan fingerprint density at radius 2 is 0.794 bits per heavy atom. The van der Waals surface area contributed by atoms with Gasteiger partial charge in [-0.05, 0) is 70.8 Å². The molecule has 0 aromatic heterocycles. The number of benzene rings is 4. The van der Waals surface area contributed by atoms with Crippen molar-refractivity contribution in [2.45, 2.75) is 109 Å². The molecule has 2 saturated heterocycles. The quantitative estimate of drug-likeness (QED) is 0.0746. The number of aliphatic hydroxyl groups is 1. The highest BCUT2D eigenvalue weighted by Crippen LogP contribution is 2.34. The van der Waals surface area contributed by atoms with Crippen LogP contribution in [-0.2, 0) is 88.2 Å². The molecule has 6 rings (SSSR count). The summed E-state index contributed by atoms with van der Waals surface area (Å²) in [5.74, 6) is 0.325. The van der Waals surface area contributed by atoms with Gasteiger partial charge in [-0.3, -0.25) is 14.4 Å². The lowest BCUT2D eigenvalue weighted by atomic mass is 9.97. The topological polar surface area (TPSA) is 201 Å². The average Bonchev–Trinajstić information content (AvgIpc) is 3.34. The Morgan fingerprint density at radius 3 is 1.22 bits per heavy atom. The van der Waals surface area contributed by atoms with Crippen molar-refractivity contribution in [3.8, 4) is 23.0 Å². The fourth-order valence-corrected chi connectivity index (χ4v) is 7.67. The van der Waals surface area contributed by atoms with Crippen molar-refractivity contribution in [2.75, 3.05) is 41.7 Å². The van der Waals surface area contributed by atoms with Crippen LogP contribution in [0, 0.1) is 0 Å². The third-order valence-corrected chi connectivity index (χ3v) is 11.0. The molecule has 18 nitrogen and oxygen atoms in total. The molecule has 0 amide bonds. The second kappa shape index (κ2) is 25.5. The minimum absolute atomic E-state index is 0.0138. The van der Waals surface area contributed by atoms with Gasteiger partial charge in [-0.2, -0.15) is 0 Å². The highest BCUT2D eigenvalue weighted by molar-refractivity contribution is 5.68. The first-order valence-corrected chi connectivity index (χ1v) is 21.9. The molecular formula is C50H60O18. The van der Waals surface area contributed by atoms with Gasteiger partial charge in [0, 0.05) is 20.8 Å². The Bertz CT molecular complexity index is 2170. The first-order chi connectivity index (χ1) is 32.9. The minimum Gasteiger partial charge on any atom is -0.497 e. The van der Waals surface area contributed by atoms with E-state index in [-0.39, 0.29) is 33.0 Å². The summed E-state index contributed by atoms with van der Waals surface area (Å²) >= 11 is 0. The summed E-state index contributed by atoms with van der Waals surface area (Å²) in [6.45, 7) is 3.42. The summed E-state index contributed by atoms with van der Waals surface area (Å²) in [6, 6.07) is 29.6. The van der Waals surface area contributed by atoms with Crippen molar-refractivity contribution in [1.29, 1.82) is 0 Å². The largest absolute Gasteiger partial charge is 0.497 e. The Kier molecular flexibility index (Phi) is 19.3. The lowest BCUT2D eigenvalue weighted by molar-refractivity contribution is -0.343. The summed E-state index contributed by atoms with van der Waals surface area (Å²) < 4.78 is 84.0. The summed E-state index contributed by atoms with van der Waals surface area (Å²) in [5, 5.41) is 11.2. The van der Waals surface area contributed by atoms with Crippen molar-refractivity contribution in [1.82, 2.24) is 0 Å². The number of hydrogen-bond donors (Lipinski definition) is 1. The van der Waals surface area contributed by atoms with Gasteiger partial charge in [-0.1, -0.05) is 48.5 Å². The van der Waals surface area contributed by atoms with E-state index in [1.54, 1.807) is 28.4 Å². The maximum Gasteiger partial charge on any atom is 0.303 e. The van der Waals surface area contributed by atoms with E-state index < -0.39 is 85.9 Å². The van der Waals surface area contributed by atoms with Crippen molar-refractivity contribution in [3.63, 3.8) is 0 Å². The number of hydrogen-bond acceptors (Lipinski definition) is 18. The molecule has 18 heteroatoms. The van der Waals surface area contributed by atoms with Gasteiger partial charge >= 0.3 is 17.9 Å². The SMILES string of the molecule is COc1ccc(COCC2O[C@H](OCC3O[C@H](O)C(OC(C)=O)C(OC(C)=O)[C@@H]3OC(C)=O)C(OCc3ccc(OC)cc3)C(OCc3ccc(OC)cc3)[C@@H]2OCc2ccc(OC)cc2)cc1. The van der Waals surface area contributed by atoms with Crippen LogP contribution in [0.15, 0.2) is 97.1 Å². The van der Waals surface area contributed by atoms with E-state index in [0.717, 1.165) is 43.0 Å². The summed E-state index contributed by atoms with van der Waals surface area (Å²) in [5.41, 5.74) is 3.31. The predicted octanol–water partition coefficient (Wildman–Crippen LogP) is 5.25. The van der Waals surface area contributed by atoms with E-state index in [1.165, 1.54) is 0 Å². The molecule has 368 valence electrons. The van der Waals surface area contributed by atoms with Crippen LogP contribution in [0.25, 0.3) is 0 Å². The zero-order valence-electron chi connectivity index (χ0n) is 39.1. The standard InChI is InChI=1S/C50H60O18/c1-30(51)64-44-42(67-49(54)47(66-32(3)53)46(44)65-31(2)52)29-63-50-48(62-27-36-14-22-40(58-7)23-15-36)45(61-26-35-12-20-39(57-6)21-13-35)43(60-25-34-10-18-38(56-5)19-11-34)41(68-50)28-59-24-33-8-16-37(55-4)17-9-33/h8-23,41-50,54H,24-29H2,1-7H3/t41?,42?,43-,44-,45?,46?,47?,48?,49+,50+/m1/s1. The van der Waals surface area contributed by atoms with E-state index >= 15 is 0 Å². The second-order valence-corrected chi connectivity index (χ2v) is 15.9. The fraction of sp³-hybridized carbons (Fsp3) is 0.460. The number of carbonyl (C=O) groups excluding carboxylic acids is 3. The molecule has 68 heavy (non-hydrogen) atoms. The van der Waals surface area contributed by atoms with Crippen LogP contribution in [0.3, 0.4) is 0 Å². The number of carbonyl (C=O) groups is 3. The van der Waals surface area contributed by atoms with Crippen molar-refractivity contribution < 1.29 is 85.8 Å². The predicted molar refractivity (Wildman–Crippen MR) is 240 cm³/mol. The van der Waals surface area contributed by atoms with Crippen LogP contribution in [0.4, 0.5) is 0 Å². The maximum atomic E-state index is 12.5. The van der Waals surface area contributed by atoms with E-state index in [0.29, 0.717) is 23.0 Å². The number of ether oxygens (including phenoxy) is 14. The van der Waals surface area contributed by atoms with Gasteiger partial charge in [0.2, 0.25) is 0 Å². The number of esters is 3. The molecule has 2 heterocycles. The molecule has 2 aliphatic heterocycles. The Balaban J connectivity index is 1.37. The molecule has 0 spiro atoms. The molecule has 10 atom stereocenters. The summed E-state index contributed by atoms with van der Waals surface area (Å²) in [7, 11) is 6.34. The first-order valence-electron chi connectivity index (χ1n) is 21.9. The molecule has 2 fully saturated rings. The molecule has 4 aromatic carbocycles. The zero-order chi connectivity index (χ0) is 48.6. The number of methoxy groups -OCH3 is 4. The fourth-order valence-electron chi connectivity index (χ4n) is 7.67. The van der Waals surface area contributed by atoms with Crippen LogP contribution >= 0.6 is 0 Å². The molecule has 0 radical (unpaired) electrons. The van der Waals surface area contributed by atoms with Crippen molar-refractivity contribution >= 4 is 17.9 Å². The maximum absolute atomic E-state index is 12.5. The smallest absolute Gasteiger partial charge is 0.303 e. The normalized spacial score (nSPS) is 24.6. The van der Waals surface area contributed by atoms with Gasteiger partial charge in [0.25, 0.3) is 0 Å². The van der Waals surface area contributed by atoms with Crippen molar-refractivity contribution in [3.05, 3.63) is 119 Å². The molecule has 0 aliphatic carbocycles. The highest BCUT2D eigenvalue weighted by atomic mass is 16.7. The van der Waals surface area contributed by atoms with Gasteiger partial charge < -0.3 is 71.4 Å². The van der Waals surface area contributed by atoms with E-state index in [4.69, 9.17) is 66.3 Å².